The Morgan fingerprint density at radius 3 is 2.64 bits per heavy atom. The lowest BCUT2D eigenvalue weighted by molar-refractivity contribution is 0.216. The van der Waals surface area contributed by atoms with Gasteiger partial charge < -0.3 is 10.0 Å². The third-order valence-electron chi connectivity index (χ3n) is 3.74. The Bertz CT molecular complexity index is 752. The van der Waals surface area contributed by atoms with Crippen LogP contribution in [0, 0.1) is 0 Å². The predicted octanol–water partition coefficient (Wildman–Crippen LogP) is 3.48. The lowest BCUT2D eigenvalue weighted by atomic mass is 10.0. The molecule has 2 heterocycles. The zero-order valence-electron chi connectivity index (χ0n) is 12.9. The van der Waals surface area contributed by atoms with Crippen molar-refractivity contribution in [3.05, 3.63) is 64.8 Å². The molecule has 0 saturated carbocycles. The number of benzene rings is 1. The fourth-order valence-electron chi connectivity index (χ4n) is 2.61. The second-order valence-electron chi connectivity index (χ2n) is 5.65. The van der Waals surface area contributed by atoms with E-state index in [2.05, 4.69) is 36.1 Å². The number of fused-ring (bicyclic) bond motifs is 1. The first-order valence-electron chi connectivity index (χ1n) is 7.41. The number of hydrogen-bond donors (Lipinski definition) is 1. The number of aliphatic hydroxyl groups is 1. The highest BCUT2D eigenvalue weighted by molar-refractivity contribution is 7.19. The Morgan fingerprint density at radius 1 is 1.14 bits per heavy atom. The summed E-state index contributed by atoms with van der Waals surface area (Å²) in [6.07, 6.45) is 1.99. The van der Waals surface area contributed by atoms with Gasteiger partial charge in [-0.3, -0.25) is 4.98 Å². The second kappa shape index (κ2) is 6.57. The molecule has 1 atom stereocenters. The van der Waals surface area contributed by atoms with Crippen molar-refractivity contribution in [1.29, 1.82) is 0 Å². The van der Waals surface area contributed by atoms with Crippen LogP contribution < -0.4 is 0 Å². The number of rotatable bonds is 5. The fourth-order valence-corrected chi connectivity index (χ4v) is 3.84. The number of hydrogen-bond acceptors (Lipinski definition) is 4. The quantitative estimate of drug-likeness (QED) is 0.783. The zero-order valence-corrected chi connectivity index (χ0v) is 13.7. The molecular formula is C18H20N2OS. The van der Waals surface area contributed by atoms with Crippen molar-refractivity contribution in [2.45, 2.75) is 12.5 Å². The minimum atomic E-state index is -0.672. The summed E-state index contributed by atoms with van der Waals surface area (Å²) in [5, 5.41) is 12.0. The van der Waals surface area contributed by atoms with E-state index in [-0.39, 0.29) is 0 Å². The largest absolute Gasteiger partial charge is 0.382 e. The number of aliphatic hydroxyl groups excluding tert-OH is 1. The maximum absolute atomic E-state index is 10.9. The molecule has 1 aromatic carbocycles. The molecule has 1 unspecified atom stereocenters. The molecule has 3 aromatic rings. The van der Waals surface area contributed by atoms with E-state index in [9.17, 15) is 5.11 Å². The fraction of sp³-hybridized carbons (Fsp3) is 0.278. The van der Waals surface area contributed by atoms with Crippen LogP contribution in [0.25, 0.3) is 10.1 Å². The molecule has 0 radical (unpaired) electrons. The summed E-state index contributed by atoms with van der Waals surface area (Å²) < 4.78 is 1.22. The van der Waals surface area contributed by atoms with Crippen LogP contribution >= 0.6 is 11.3 Å². The van der Waals surface area contributed by atoms with E-state index in [0.717, 1.165) is 23.9 Å². The van der Waals surface area contributed by atoms with Gasteiger partial charge in [0, 0.05) is 27.9 Å². The maximum atomic E-state index is 10.9. The molecule has 0 spiro atoms. The summed E-state index contributed by atoms with van der Waals surface area (Å²) in [5.74, 6) is 0. The second-order valence-corrected chi connectivity index (χ2v) is 6.78. The van der Waals surface area contributed by atoms with Crippen molar-refractivity contribution in [2.24, 2.45) is 0 Å². The number of nitrogens with zero attached hydrogens (tertiary/aromatic N) is 2. The van der Waals surface area contributed by atoms with Crippen molar-refractivity contribution in [3.63, 3.8) is 0 Å². The molecule has 3 rings (SSSR count). The Kier molecular flexibility index (Phi) is 4.52. The average Bonchev–Trinajstić information content (AvgIpc) is 2.91. The van der Waals surface area contributed by atoms with Crippen LogP contribution in [0.4, 0.5) is 0 Å². The summed E-state index contributed by atoms with van der Waals surface area (Å²) >= 11 is 1.77. The molecule has 2 aromatic heterocycles. The molecule has 0 aliphatic carbocycles. The molecule has 0 bridgehead atoms. The molecule has 1 N–H and O–H groups in total. The predicted molar refractivity (Wildman–Crippen MR) is 92.4 cm³/mol. The zero-order chi connectivity index (χ0) is 15.5. The molecule has 0 saturated heterocycles. The first-order chi connectivity index (χ1) is 10.7. The van der Waals surface area contributed by atoms with Gasteiger partial charge >= 0.3 is 0 Å². The highest BCUT2D eigenvalue weighted by atomic mass is 32.1. The van der Waals surface area contributed by atoms with Crippen molar-refractivity contribution in [2.75, 3.05) is 20.6 Å². The van der Waals surface area contributed by atoms with Gasteiger partial charge in [-0.2, -0.15) is 0 Å². The van der Waals surface area contributed by atoms with Crippen molar-refractivity contribution >= 4 is 21.4 Å². The molecule has 0 aliphatic heterocycles. The van der Waals surface area contributed by atoms with Gasteiger partial charge in [0.2, 0.25) is 0 Å². The number of aromatic nitrogens is 1. The molecule has 4 heteroatoms. The number of thiophene rings is 1. The molecule has 0 fully saturated rings. The van der Waals surface area contributed by atoms with Gasteiger partial charge in [0.05, 0.1) is 5.69 Å². The minimum Gasteiger partial charge on any atom is -0.382 e. The van der Waals surface area contributed by atoms with E-state index in [1.165, 1.54) is 9.58 Å². The van der Waals surface area contributed by atoms with Gasteiger partial charge in [0.15, 0.2) is 0 Å². The summed E-state index contributed by atoms with van der Waals surface area (Å²) in [6, 6.07) is 14.0. The van der Waals surface area contributed by atoms with Gasteiger partial charge in [-0.25, -0.2) is 0 Å². The van der Waals surface area contributed by atoms with Crippen LogP contribution in [0.1, 0.15) is 22.2 Å². The monoisotopic (exact) mass is 312 g/mol. The first-order valence-corrected chi connectivity index (χ1v) is 8.22. The first kappa shape index (κ1) is 15.2. The van der Waals surface area contributed by atoms with Crippen LogP contribution in [0.15, 0.2) is 48.7 Å². The minimum absolute atomic E-state index is 0.672. The normalized spacial score (nSPS) is 12.9. The van der Waals surface area contributed by atoms with Crippen LogP contribution in [0.3, 0.4) is 0 Å². The average molecular weight is 312 g/mol. The smallest absolute Gasteiger partial charge is 0.123 e. The van der Waals surface area contributed by atoms with Gasteiger partial charge in [-0.05, 0) is 44.1 Å². The van der Waals surface area contributed by atoms with Crippen LogP contribution in [-0.4, -0.2) is 35.6 Å². The third-order valence-corrected chi connectivity index (χ3v) is 4.98. The maximum Gasteiger partial charge on any atom is 0.123 e. The van der Waals surface area contributed by atoms with E-state index >= 15 is 0 Å². The summed E-state index contributed by atoms with van der Waals surface area (Å²) in [5.41, 5.74) is 1.72. The van der Waals surface area contributed by atoms with E-state index < -0.39 is 6.10 Å². The highest BCUT2D eigenvalue weighted by Crippen LogP contribution is 2.37. The van der Waals surface area contributed by atoms with Crippen LogP contribution in [0.2, 0.25) is 0 Å². The summed E-state index contributed by atoms with van der Waals surface area (Å²) in [7, 11) is 4.14. The molecular weight excluding hydrogens is 292 g/mol. The van der Waals surface area contributed by atoms with Gasteiger partial charge in [0.25, 0.3) is 0 Å². The van der Waals surface area contributed by atoms with Gasteiger partial charge in [0.1, 0.15) is 6.10 Å². The molecule has 0 amide bonds. The summed E-state index contributed by atoms with van der Waals surface area (Å²) in [4.78, 5) is 7.73. The Hall–Kier alpha value is -1.75. The van der Waals surface area contributed by atoms with Gasteiger partial charge in [-0.1, -0.05) is 24.3 Å². The highest BCUT2D eigenvalue weighted by Gasteiger charge is 2.21. The van der Waals surface area contributed by atoms with Crippen molar-refractivity contribution < 1.29 is 5.11 Å². The standard InChI is InChI=1S/C18H20N2OS/c1-20(2)12-10-16-17(13-7-3-4-9-15(13)22-16)18(21)14-8-5-6-11-19-14/h3-9,11,18,21H,10,12H2,1-2H3. The molecule has 3 nitrogen and oxygen atoms in total. The van der Waals surface area contributed by atoms with Gasteiger partial charge in [-0.15, -0.1) is 11.3 Å². The Morgan fingerprint density at radius 2 is 1.91 bits per heavy atom. The summed E-state index contributed by atoms with van der Waals surface area (Å²) in [6.45, 7) is 0.967. The number of likely N-dealkylation sites (N-methyl/N-ethyl adjacent to an activating group) is 1. The SMILES string of the molecule is CN(C)CCc1sc2ccccc2c1C(O)c1ccccn1. The Balaban J connectivity index is 2.07. The third kappa shape index (κ3) is 3.04. The lowest BCUT2D eigenvalue weighted by Gasteiger charge is -2.14. The van der Waals surface area contributed by atoms with Crippen LogP contribution in [0.5, 0.6) is 0 Å². The van der Waals surface area contributed by atoms with Crippen molar-refractivity contribution in [3.8, 4) is 0 Å². The lowest BCUT2D eigenvalue weighted by Crippen LogP contribution is -2.15. The molecule has 114 valence electrons. The van der Waals surface area contributed by atoms with E-state index in [4.69, 9.17) is 0 Å². The van der Waals surface area contributed by atoms with E-state index in [1.807, 2.05) is 30.3 Å². The topological polar surface area (TPSA) is 36.4 Å². The molecule has 0 aliphatic rings. The van der Waals surface area contributed by atoms with E-state index in [0.29, 0.717) is 5.69 Å². The van der Waals surface area contributed by atoms with Crippen molar-refractivity contribution in [1.82, 2.24) is 9.88 Å². The number of pyridine rings is 1. The Labute approximate surface area is 134 Å². The molecule has 22 heavy (non-hydrogen) atoms. The van der Waals surface area contributed by atoms with Crippen LogP contribution in [-0.2, 0) is 6.42 Å². The van der Waals surface area contributed by atoms with E-state index in [1.54, 1.807) is 17.5 Å².